The minimum atomic E-state index is -3.50. The van der Waals surface area contributed by atoms with Crippen molar-refractivity contribution in [3.63, 3.8) is 0 Å². The molecular weight excluding hydrogens is 228 g/mol. The van der Waals surface area contributed by atoms with Gasteiger partial charge in [0.15, 0.2) is 0 Å². The van der Waals surface area contributed by atoms with Crippen LogP contribution in [0, 0.1) is 19.8 Å². The lowest BCUT2D eigenvalue weighted by Crippen LogP contribution is -2.33. The maximum atomic E-state index is 11.6. The molecule has 1 aromatic rings. The van der Waals surface area contributed by atoms with Gasteiger partial charge in [-0.3, -0.25) is 9.82 Å². The molecule has 0 aliphatic rings. The molecule has 6 nitrogen and oxygen atoms in total. The van der Waals surface area contributed by atoms with Crippen molar-refractivity contribution in [2.24, 2.45) is 5.92 Å². The van der Waals surface area contributed by atoms with E-state index in [1.165, 1.54) is 0 Å². The molecule has 1 heterocycles. The van der Waals surface area contributed by atoms with Gasteiger partial charge in [-0.05, 0) is 19.8 Å². The number of hydrogen-bond donors (Lipinski definition) is 3. The van der Waals surface area contributed by atoms with Crippen LogP contribution >= 0.6 is 0 Å². The van der Waals surface area contributed by atoms with Gasteiger partial charge in [0.05, 0.1) is 17.1 Å². The summed E-state index contributed by atoms with van der Waals surface area (Å²) in [5.74, 6) is 0.267. The Morgan fingerprint density at radius 3 is 2.44 bits per heavy atom. The van der Waals surface area contributed by atoms with Crippen molar-refractivity contribution in [2.75, 3.05) is 11.3 Å². The van der Waals surface area contributed by atoms with E-state index in [1.54, 1.807) is 13.8 Å². The Kier molecular flexibility index (Phi) is 3.93. The van der Waals surface area contributed by atoms with Crippen LogP contribution in [0.5, 0.6) is 0 Å². The molecule has 0 saturated carbocycles. The summed E-state index contributed by atoms with van der Waals surface area (Å²) in [6.07, 6.45) is 0. The Bertz CT molecular complexity index is 431. The Hall–Kier alpha value is -1.08. The Balaban J connectivity index is 2.73. The van der Waals surface area contributed by atoms with Crippen LogP contribution in [0.25, 0.3) is 0 Å². The number of aromatic amines is 1. The highest BCUT2D eigenvalue weighted by molar-refractivity contribution is 7.90. The van der Waals surface area contributed by atoms with Crippen molar-refractivity contribution >= 4 is 15.9 Å². The molecule has 0 radical (unpaired) electrons. The second-order valence-corrected chi connectivity index (χ2v) is 5.66. The fourth-order valence-electron chi connectivity index (χ4n) is 1.15. The van der Waals surface area contributed by atoms with Gasteiger partial charge in [-0.25, -0.2) is 0 Å². The van der Waals surface area contributed by atoms with E-state index < -0.39 is 10.2 Å². The largest absolute Gasteiger partial charge is 0.299 e. The summed E-state index contributed by atoms with van der Waals surface area (Å²) in [5.41, 5.74) is 1.84. The van der Waals surface area contributed by atoms with Crippen molar-refractivity contribution in [1.29, 1.82) is 0 Å². The summed E-state index contributed by atoms with van der Waals surface area (Å²) in [5, 5.41) is 6.64. The van der Waals surface area contributed by atoms with E-state index in [4.69, 9.17) is 0 Å². The minimum Gasteiger partial charge on any atom is -0.280 e. The number of anilines is 1. The molecule has 0 unspecified atom stereocenters. The van der Waals surface area contributed by atoms with Crippen LogP contribution in [-0.4, -0.2) is 25.2 Å². The lowest BCUT2D eigenvalue weighted by atomic mass is 10.2. The van der Waals surface area contributed by atoms with E-state index in [1.807, 2.05) is 13.8 Å². The molecule has 0 saturated heterocycles. The first-order valence-corrected chi connectivity index (χ1v) is 6.59. The van der Waals surface area contributed by atoms with Gasteiger partial charge in [0.25, 0.3) is 10.2 Å². The van der Waals surface area contributed by atoms with Gasteiger partial charge in [-0.2, -0.15) is 18.2 Å². The van der Waals surface area contributed by atoms with Crippen LogP contribution in [0.4, 0.5) is 5.69 Å². The number of H-pyrrole nitrogens is 1. The number of aryl methyl sites for hydroxylation is 2. The molecular formula is C9H18N4O2S. The standard InChI is InChI=1S/C9H18N4O2S/c1-6(2)5-10-16(14,15)13-9-7(3)11-12-8(9)4/h6,10,13H,5H2,1-4H3,(H,11,12). The third-order valence-electron chi connectivity index (χ3n) is 2.05. The normalized spacial score (nSPS) is 12.1. The molecule has 0 aromatic carbocycles. The van der Waals surface area contributed by atoms with Crippen LogP contribution in [0.2, 0.25) is 0 Å². The average molecular weight is 246 g/mol. The third kappa shape index (κ3) is 3.49. The highest BCUT2D eigenvalue weighted by atomic mass is 32.2. The molecule has 1 rings (SSSR count). The second kappa shape index (κ2) is 4.84. The summed E-state index contributed by atoms with van der Waals surface area (Å²) >= 11 is 0. The average Bonchev–Trinajstić information content (AvgIpc) is 2.46. The van der Waals surface area contributed by atoms with Crippen molar-refractivity contribution in [1.82, 2.24) is 14.9 Å². The molecule has 0 atom stereocenters. The smallest absolute Gasteiger partial charge is 0.280 e. The van der Waals surface area contributed by atoms with Gasteiger partial charge in [-0.1, -0.05) is 13.8 Å². The molecule has 0 aliphatic carbocycles. The van der Waals surface area contributed by atoms with E-state index in [0.717, 1.165) is 0 Å². The summed E-state index contributed by atoms with van der Waals surface area (Å²) in [6, 6.07) is 0. The highest BCUT2D eigenvalue weighted by Crippen LogP contribution is 2.16. The molecule has 0 aliphatic heterocycles. The zero-order valence-electron chi connectivity index (χ0n) is 9.96. The van der Waals surface area contributed by atoms with Crippen LogP contribution in [0.1, 0.15) is 25.2 Å². The fraction of sp³-hybridized carbons (Fsp3) is 0.667. The van der Waals surface area contributed by atoms with Crippen molar-refractivity contribution in [2.45, 2.75) is 27.7 Å². The van der Waals surface area contributed by atoms with Gasteiger partial charge in [-0.15, -0.1) is 0 Å². The molecule has 16 heavy (non-hydrogen) atoms. The van der Waals surface area contributed by atoms with Gasteiger partial charge < -0.3 is 0 Å². The van der Waals surface area contributed by atoms with E-state index in [0.29, 0.717) is 23.6 Å². The lowest BCUT2D eigenvalue weighted by Gasteiger charge is -2.10. The number of hydrogen-bond acceptors (Lipinski definition) is 3. The first kappa shape index (κ1) is 13.0. The van der Waals surface area contributed by atoms with E-state index in [9.17, 15) is 8.42 Å². The Labute approximate surface area is 96.0 Å². The Morgan fingerprint density at radius 2 is 2.00 bits per heavy atom. The van der Waals surface area contributed by atoms with E-state index in [2.05, 4.69) is 19.6 Å². The van der Waals surface area contributed by atoms with Gasteiger partial charge in [0.1, 0.15) is 0 Å². The van der Waals surface area contributed by atoms with Crippen LogP contribution in [0.3, 0.4) is 0 Å². The summed E-state index contributed by atoms with van der Waals surface area (Å²) in [4.78, 5) is 0. The van der Waals surface area contributed by atoms with Crippen LogP contribution in [-0.2, 0) is 10.2 Å². The maximum absolute atomic E-state index is 11.6. The Morgan fingerprint density at radius 1 is 1.38 bits per heavy atom. The van der Waals surface area contributed by atoms with Crippen molar-refractivity contribution in [3.8, 4) is 0 Å². The quantitative estimate of drug-likeness (QED) is 0.722. The predicted octanol–water partition coefficient (Wildman–Crippen LogP) is 0.929. The number of nitrogens with zero attached hydrogens (tertiary/aromatic N) is 1. The molecule has 0 spiro atoms. The number of aromatic nitrogens is 2. The summed E-state index contributed by atoms with van der Waals surface area (Å²) < 4.78 is 28.2. The SMILES string of the molecule is Cc1n[nH]c(C)c1NS(=O)(=O)NCC(C)C. The predicted molar refractivity (Wildman–Crippen MR) is 63.4 cm³/mol. The maximum Gasteiger partial charge on any atom is 0.299 e. The molecule has 1 aromatic heterocycles. The zero-order valence-corrected chi connectivity index (χ0v) is 10.8. The summed E-state index contributed by atoms with van der Waals surface area (Å²) in [6.45, 7) is 7.79. The molecule has 0 bridgehead atoms. The molecule has 0 fully saturated rings. The molecule has 92 valence electrons. The monoisotopic (exact) mass is 246 g/mol. The van der Waals surface area contributed by atoms with Crippen LogP contribution < -0.4 is 9.44 Å². The lowest BCUT2D eigenvalue weighted by molar-refractivity contribution is 0.565. The fourth-order valence-corrected chi connectivity index (χ4v) is 2.34. The van der Waals surface area contributed by atoms with Gasteiger partial charge in [0.2, 0.25) is 0 Å². The summed E-state index contributed by atoms with van der Waals surface area (Å²) in [7, 11) is -3.50. The first-order chi connectivity index (χ1) is 7.32. The highest BCUT2D eigenvalue weighted by Gasteiger charge is 2.14. The molecule has 7 heteroatoms. The van der Waals surface area contributed by atoms with Crippen LogP contribution in [0.15, 0.2) is 0 Å². The molecule has 0 amide bonds. The second-order valence-electron chi connectivity index (χ2n) is 4.16. The van der Waals surface area contributed by atoms with E-state index >= 15 is 0 Å². The minimum absolute atomic E-state index is 0.267. The number of rotatable bonds is 5. The van der Waals surface area contributed by atoms with E-state index in [-0.39, 0.29) is 5.92 Å². The number of nitrogens with one attached hydrogen (secondary N) is 3. The zero-order chi connectivity index (χ0) is 12.3. The van der Waals surface area contributed by atoms with Gasteiger partial charge in [0, 0.05) is 6.54 Å². The molecule has 3 N–H and O–H groups in total. The topological polar surface area (TPSA) is 86.9 Å². The van der Waals surface area contributed by atoms with Gasteiger partial charge >= 0.3 is 0 Å². The van der Waals surface area contributed by atoms with Crippen molar-refractivity contribution < 1.29 is 8.42 Å². The third-order valence-corrected chi connectivity index (χ3v) is 3.07. The first-order valence-electron chi connectivity index (χ1n) is 5.11. The van der Waals surface area contributed by atoms with Crippen molar-refractivity contribution in [3.05, 3.63) is 11.4 Å².